The van der Waals surface area contributed by atoms with E-state index < -0.39 is 6.23 Å². The van der Waals surface area contributed by atoms with Crippen LogP contribution in [0.5, 0.6) is 11.5 Å². The molecule has 0 N–H and O–H groups in total. The summed E-state index contributed by atoms with van der Waals surface area (Å²) in [5, 5.41) is 5.66. The zero-order chi connectivity index (χ0) is 18.8. The minimum Gasteiger partial charge on any atom is -0.496 e. The van der Waals surface area contributed by atoms with Crippen LogP contribution in [0.3, 0.4) is 0 Å². The van der Waals surface area contributed by atoms with Crippen LogP contribution in [0.2, 0.25) is 0 Å². The number of ether oxygens (including phenoxy) is 3. The van der Waals surface area contributed by atoms with Crippen LogP contribution in [0, 0.1) is 0 Å². The normalized spacial score (nSPS) is 16.1. The fourth-order valence-corrected chi connectivity index (χ4v) is 3.51. The lowest BCUT2D eigenvalue weighted by molar-refractivity contribution is -0.135. The maximum atomic E-state index is 12.1. The summed E-state index contributed by atoms with van der Waals surface area (Å²) in [7, 11) is 3.12. The molecule has 2 aromatic rings. The maximum absolute atomic E-state index is 12.1. The second kappa shape index (κ2) is 7.67. The summed E-state index contributed by atoms with van der Waals surface area (Å²) < 4.78 is 18.4. The first-order valence-electron chi connectivity index (χ1n) is 7.67. The van der Waals surface area contributed by atoms with E-state index in [9.17, 15) is 4.79 Å². The summed E-state index contributed by atoms with van der Waals surface area (Å²) in [4.78, 5) is 12.1. The van der Waals surface area contributed by atoms with E-state index in [4.69, 9.17) is 14.2 Å². The van der Waals surface area contributed by atoms with Crippen molar-refractivity contribution in [1.29, 1.82) is 0 Å². The quantitative estimate of drug-likeness (QED) is 0.643. The summed E-state index contributed by atoms with van der Waals surface area (Å²) in [5.74, 6) is 1.27. The molecule has 1 unspecified atom stereocenters. The van der Waals surface area contributed by atoms with Crippen LogP contribution in [0.15, 0.2) is 50.4 Å². The Hall–Kier alpha value is -2.06. The number of amides is 1. The number of rotatable bonds is 4. The number of nitrogens with zero attached hydrogens (tertiary/aromatic N) is 2. The molecule has 0 bridgehead atoms. The van der Waals surface area contributed by atoms with Crippen molar-refractivity contribution in [1.82, 2.24) is 5.01 Å². The second-order valence-corrected chi connectivity index (χ2v) is 7.25. The molecule has 6 nitrogen and oxygen atoms in total. The van der Waals surface area contributed by atoms with Gasteiger partial charge in [0.1, 0.15) is 11.5 Å². The fraction of sp³-hybridized carbons (Fsp3) is 0.222. The molecular formula is C18H16Br2N2O4. The molecule has 0 saturated carbocycles. The molecule has 136 valence electrons. The van der Waals surface area contributed by atoms with Crippen molar-refractivity contribution in [3.05, 3.63) is 56.5 Å². The van der Waals surface area contributed by atoms with Crippen LogP contribution in [0.1, 0.15) is 24.3 Å². The van der Waals surface area contributed by atoms with Gasteiger partial charge in [0.05, 0.1) is 24.3 Å². The number of hydrazone groups is 1. The fourth-order valence-electron chi connectivity index (χ4n) is 2.58. The zero-order valence-corrected chi connectivity index (χ0v) is 17.5. The summed E-state index contributed by atoms with van der Waals surface area (Å²) in [5.41, 5.74) is 1.42. The molecule has 3 rings (SSSR count). The molecule has 8 heteroatoms. The molecule has 0 saturated heterocycles. The molecule has 1 amide bonds. The van der Waals surface area contributed by atoms with Gasteiger partial charge in [0.25, 0.3) is 0 Å². The smallest absolute Gasteiger partial charge is 0.243 e. The molecule has 0 radical (unpaired) electrons. The summed E-state index contributed by atoms with van der Waals surface area (Å²) in [6.45, 7) is 1.44. The number of halogens is 2. The Morgan fingerprint density at radius 3 is 2.50 bits per heavy atom. The average Bonchev–Trinajstić information content (AvgIpc) is 3.07. The molecule has 26 heavy (non-hydrogen) atoms. The Morgan fingerprint density at radius 2 is 1.88 bits per heavy atom. The van der Waals surface area contributed by atoms with E-state index >= 15 is 0 Å². The lowest BCUT2D eigenvalue weighted by atomic mass is 10.1. The van der Waals surface area contributed by atoms with Gasteiger partial charge >= 0.3 is 0 Å². The third kappa shape index (κ3) is 3.57. The Labute approximate surface area is 168 Å². The summed E-state index contributed by atoms with van der Waals surface area (Å²) in [6, 6.07) is 11.1. The first kappa shape index (κ1) is 18.7. The van der Waals surface area contributed by atoms with E-state index in [0.717, 1.165) is 14.5 Å². The minimum atomic E-state index is -0.737. The van der Waals surface area contributed by atoms with E-state index in [0.29, 0.717) is 23.0 Å². The van der Waals surface area contributed by atoms with Gasteiger partial charge < -0.3 is 14.2 Å². The van der Waals surface area contributed by atoms with Gasteiger partial charge in [-0.1, -0.05) is 22.0 Å². The van der Waals surface area contributed by atoms with E-state index in [-0.39, 0.29) is 5.91 Å². The topological polar surface area (TPSA) is 60.4 Å². The van der Waals surface area contributed by atoms with E-state index in [1.165, 1.54) is 11.9 Å². The summed E-state index contributed by atoms with van der Waals surface area (Å²) in [6.07, 6.45) is -0.737. The lowest BCUT2D eigenvalue weighted by Gasteiger charge is -2.22. The predicted octanol–water partition coefficient (Wildman–Crippen LogP) is 4.47. The first-order chi connectivity index (χ1) is 12.4. The Morgan fingerprint density at radius 1 is 1.15 bits per heavy atom. The number of carbonyl (C=O) groups is 1. The molecule has 0 spiro atoms. The lowest BCUT2D eigenvalue weighted by Crippen LogP contribution is -2.25. The van der Waals surface area contributed by atoms with Crippen molar-refractivity contribution >= 4 is 43.7 Å². The average molecular weight is 484 g/mol. The van der Waals surface area contributed by atoms with Crippen LogP contribution in [0.25, 0.3) is 0 Å². The van der Waals surface area contributed by atoms with Gasteiger partial charge in [-0.3, -0.25) is 4.79 Å². The van der Waals surface area contributed by atoms with Gasteiger partial charge in [-0.15, -0.1) is 5.10 Å². The van der Waals surface area contributed by atoms with E-state index in [2.05, 4.69) is 37.0 Å². The van der Waals surface area contributed by atoms with Crippen molar-refractivity contribution in [2.24, 2.45) is 5.10 Å². The largest absolute Gasteiger partial charge is 0.496 e. The molecule has 2 aromatic carbocycles. The third-order valence-corrected chi connectivity index (χ3v) is 4.92. The zero-order valence-electron chi connectivity index (χ0n) is 14.3. The monoisotopic (exact) mass is 482 g/mol. The van der Waals surface area contributed by atoms with E-state index in [1.807, 2.05) is 24.3 Å². The van der Waals surface area contributed by atoms with Crippen LogP contribution in [-0.4, -0.2) is 31.0 Å². The van der Waals surface area contributed by atoms with Gasteiger partial charge in [-0.05, 0) is 40.2 Å². The highest BCUT2D eigenvalue weighted by atomic mass is 79.9. The van der Waals surface area contributed by atoms with Crippen LogP contribution in [0.4, 0.5) is 0 Å². The maximum Gasteiger partial charge on any atom is 0.243 e. The number of methoxy groups -OCH3 is 2. The third-order valence-electron chi connectivity index (χ3n) is 3.81. The number of hydrogen-bond acceptors (Lipinski definition) is 5. The highest BCUT2D eigenvalue weighted by Crippen LogP contribution is 2.40. The van der Waals surface area contributed by atoms with Gasteiger partial charge in [0, 0.05) is 23.0 Å². The SMILES string of the molecule is COc1cc(OC)c(C2OC(c3cccc(Br)c3)=NN2C(C)=O)cc1Br. The highest BCUT2D eigenvalue weighted by Gasteiger charge is 2.35. The number of hydrogen-bond donors (Lipinski definition) is 0. The Bertz CT molecular complexity index is 885. The predicted molar refractivity (Wildman–Crippen MR) is 104 cm³/mol. The van der Waals surface area contributed by atoms with Gasteiger partial charge in [0.2, 0.25) is 18.0 Å². The van der Waals surface area contributed by atoms with Crippen LogP contribution in [-0.2, 0) is 9.53 Å². The van der Waals surface area contributed by atoms with Crippen LogP contribution < -0.4 is 9.47 Å². The molecule has 1 aliphatic rings. The van der Waals surface area contributed by atoms with Crippen molar-refractivity contribution < 1.29 is 19.0 Å². The Kier molecular flexibility index (Phi) is 5.52. The molecular weight excluding hydrogens is 468 g/mol. The molecule has 1 heterocycles. The molecule has 1 aliphatic heterocycles. The van der Waals surface area contributed by atoms with Crippen molar-refractivity contribution in [3.63, 3.8) is 0 Å². The van der Waals surface area contributed by atoms with Crippen LogP contribution >= 0.6 is 31.9 Å². The molecule has 0 aliphatic carbocycles. The van der Waals surface area contributed by atoms with E-state index in [1.54, 1.807) is 26.4 Å². The minimum absolute atomic E-state index is 0.242. The highest BCUT2D eigenvalue weighted by molar-refractivity contribution is 9.10. The Balaban J connectivity index is 2.03. The molecule has 1 atom stereocenters. The number of carbonyl (C=O) groups excluding carboxylic acids is 1. The molecule has 0 fully saturated rings. The standard InChI is InChI=1S/C18H16Br2N2O4/c1-10(23)22-18(13-8-14(20)16(25-3)9-15(13)24-2)26-17(21-22)11-5-4-6-12(19)7-11/h4-9,18H,1-3H3. The number of benzene rings is 2. The van der Waals surface area contributed by atoms with Crippen molar-refractivity contribution in [2.45, 2.75) is 13.2 Å². The first-order valence-corrected chi connectivity index (χ1v) is 9.25. The van der Waals surface area contributed by atoms with Crippen molar-refractivity contribution in [2.75, 3.05) is 14.2 Å². The van der Waals surface area contributed by atoms with Gasteiger partial charge in [0.15, 0.2) is 0 Å². The molecule has 0 aromatic heterocycles. The second-order valence-electron chi connectivity index (χ2n) is 5.48. The van der Waals surface area contributed by atoms with Gasteiger partial charge in [-0.25, -0.2) is 0 Å². The summed E-state index contributed by atoms with van der Waals surface area (Å²) >= 11 is 6.89. The van der Waals surface area contributed by atoms with Crippen molar-refractivity contribution in [3.8, 4) is 11.5 Å². The van der Waals surface area contributed by atoms with Gasteiger partial charge in [-0.2, -0.15) is 5.01 Å².